The molecule has 0 radical (unpaired) electrons. The van der Waals surface area contributed by atoms with Gasteiger partial charge < -0.3 is 72.2 Å². The van der Waals surface area contributed by atoms with Crippen molar-refractivity contribution in [2.45, 2.75) is 40.8 Å². The molecule has 0 saturated heterocycles. The van der Waals surface area contributed by atoms with Gasteiger partial charge in [-0.25, -0.2) is 28.9 Å². The van der Waals surface area contributed by atoms with Crippen LogP contribution >= 0.6 is 22.7 Å². The average Bonchev–Trinajstić information content (AvgIpc) is 1.08. The number of carboxylic acids is 1. The molecule has 29 heteroatoms. The van der Waals surface area contributed by atoms with Gasteiger partial charge in [-0.3, -0.25) is 0 Å². The number of cyclic esters (lactones) is 2. The third-order valence-electron chi connectivity index (χ3n) is 15.5. The van der Waals surface area contributed by atoms with Crippen molar-refractivity contribution in [3.05, 3.63) is 240 Å². The number of carboxylic acid groups (broad SMARTS) is 1. The maximum absolute atomic E-state index is 12.1. The number of nitrogens with zero attached hydrogens (tertiary/aromatic N) is 10. The van der Waals surface area contributed by atoms with E-state index in [1.54, 1.807) is 44.2 Å². The summed E-state index contributed by atoms with van der Waals surface area (Å²) < 4.78 is 53.8. The van der Waals surface area contributed by atoms with E-state index in [0.29, 0.717) is 184 Å². The van der Waals surface area contributed by atoms with E-state index in [9.17, 15) is 29.5 Å². The van der Waals surface area contributed by atoms with Crippen molar-refractivity contribution in [3.63, 3.8) is 0 Å². The molecule has 8 aromatic rings. The summed E-state index contributed by atoms with van der Waals surface area (Å²) in [5, 5.41) is 47.9. The zero-order valence-corrected chi connectivity index (χ0v) is 63.9. The Morgan fingerprint density at radius 1 is 0.505 bits per heavy atom. The third kappa shape index (κ3) is 28.5. The van der Waals surface area contributed by atoms with Gasteiger partial charge in [0.25, 0.3) is 0 Å². The number of carbonyl (C=O) groups is 4. The van der Waals surface area contributed by atoms with Gasteiger partial charge in [-0.05, 0) is 109 Å². The number of rotatable bonds is 41. The molecule has 26 nitrogen and oxygen atoms in total. The quantitative estimate of drug-likeness (QED) is 0.00929. The van der Waals surface area contributed by atoms with E-state index in [1.165, 1.54) is 46.4 Å². The Kier molecular flexibility index (Phi) is 39.0. The van der Waals surface area contributed by atoms with E-state index in [1.807, 2.05) is 74.5 Å². The maximum Gasteiger partial charge on any atom is 1.00 e. The van der Waals surface area contributed by atoms with Gasteiger partial charge in [0.2, 0.25) is 16.4 Å². The summed E-state index contributed by atoms with van der Waals surface area (Å²) in [7, 11) is 0. The number of anilines is 2. The Bertz CT molecular complexity index is 4370. The molecule has 2 aromatic heterocycles. The molecular weight excluding hydrogens is 1420 g/mol. The van der Waals surface area contributed by atoms with E-state index in [0.717, 1.165) is 34.6 Å². The van der Waals surface area contributed by atoms with Crippen LogP contribution in [0.25, 0.3) is 14.5 Å². The van der Waals surface area contributed by atoms with E-state index >= 15 is 0 Å². The fraction of sp³-hybridized carbons (Fsp3) is 0.333. The number of benzene rings is 6. The third-order valence-corrected chi connectivity index (χ3v) is 17.6. The fourth-order valence-corrected chi connectivity index (χ4v) is 11.7. The molecule has 0 bridgehead atoms. The molecule has 0 saturated carbocycles. The molecule has 1 N–H and O–H groups in total. The zero-order valence-electron chi connectivity index (χ0n) is 60.3. The molecule has 0 spiro atoms. The number of hydrogen-bond donors (Lipinski definition) is 1. The number of aliphatic hydroxyl groups is 1. The molecule has 0 aliphatic carbocycles. The van der Waals surface area contributed by atoms with Gasteiger partial charge in [-0.1, -0.05) is 97.9 Å². The summed E-state index contributed by atoms with van der Waals surface area (Å²) in [5.41, 5.74) is 10.1. The maximum atomic E-state index is 12.1. The molecule has 3 heterocycles. The second kappa shape index (κ2) is 48.4. The summed E-state index contributed by atoms with van der Waals surface area (Å²) in [5.74, 6) is -3.30. The first kappa shape index (κ1) is 86.1. The van der Waals surface area contributed by atoms with Crippen LogP contribution in [0.5, 0.6) is 0 Å². The first-order valence-electron chi connectivity index (χ1n) is 33.7. The fourth-order valence-electron chi connectivity index (χ4n) is 9.96. The minimum absolute atomic E-state index is 0. The molecular formula is C78H81N10NaO16S2. The number of hydrogen-bond acceptors (Lipinski definition) is 25. The molecule has 6 aromatic carbocycles. The van der Waals surface area contributed by atoms with Gasteiger partial charge >= 0.3 is 47.5 Å². The van der Waals surface area contributed by atoms with Crippen molar-refractivity contribution < 1.29 is 106 Å². The Hall–Kier alpha value is -9.80. The van der Waals surface area contributed by atoms with E-state index in [2.05, 4.69) is 92.0 Å². The number of aliphatic hydroxyl groups excluding tert-OH is 1. The summed E-state index contributed by atoms with van der Waals surface area (Å²) in [4.78, 5) is 60.5. The van der Waals surface area contributed by atoms with Gasteiger partial charge in [0.1, 0.15) is 22.7 Å². The normalized spacial score (nSPS) is 11.3. The number of aromatic carboxylic acids is 1. The molecule has 0 fully saturated rings. The Balaban J connectivity index is 0.000000294. The van der Waals surface area contributed by atoms with Crippen molar-refractivity contribution in [1.82, 2.24) is 0 Å². The SMILES string of the molecule is O=C1OC(=O)c2ccccc21.[C-]#[N+]c1c(N=Nc2ccc(N(CCOCCOCCOCCOCCOC(=O)c3ccccc3C(=O)[O-])Cc3ccccc3)cc2C)sc(C#N)c1C.[C-]#[N+]c1sc(N=Nc2ccc(N(CCOCCOCCOCCOCCO)Cc3ccccc3)cc2C)c([N+]#[C-])c1C.[Na+]. The summed E-state index contributed by atoms with van der Waals surface area (Å²) >= 11 is 2.36. The van der Waals surface area contributed by atoms with Crippen LogP contribution in [0.15, 0.2) is 166 Å². The van der Waals surface area contributed by atoms with Crippen molar-refractivity contribution in [2.75, 3.05) is 142 Å². The van der Waals surface area contributed by atoms with Gasteiger partial charge in [0.15, 0.2) is 0 Å². The Morgan fingerprint density at radius 3 is 1.31 bits per heavy atom. The van der Waals surface area contributed by atoms with Crippen LogP contribution in [-0.2, 0) is 60.5 Å². The predicted molar refractivity (Wildman–Crippen MR) is 398 cm³/mol. The Morgan fingerprint density at radius 2 is 0.897 bits per heavy atom. The standard InChI is InChI=1S/C39H41N5O8S.C31H37N5O5S.C8H4O3.Na/c1-28-25-31(13-14-34(28)42-43-37-36(41-3)29(2)35(26-40)53-37)44(27-30-9-5-4-6-10-30)15-16-48-17-18-49-19-20-50-21-22-51-23-24-52-39(47)33-12-8-7-11-32(33)38(45)46;1-24-22-27(10-11-28(24)34-35-31-29(32-3)25(2)30(33-4)42-31)36(23-26-8-6-5-7-9-26)12-14-38-16-18-40-20-21-41-19-17-39-15-13-37;9-7-5-3-1-2-4-6(5)8(10)11-7;/h4-14,25H,15-24,27H2,1-2H3,(H,45,46);5-11,22,37H,12-21,23H2,1-2H3;1-4H;/q;;;+1/p-1. The first-order chi connectivity index (χ1) is 51.7. The zero-order chi connectivity index (χ0) is 75.7. The van der Waals surface area contributed by atoms with Crippen LogP contribution in [0.4, 0.5) is 49.1 Å². The van der Waals surface area contributed by atoms with Crippen molar-refractivity contribution in [2.24, 2.45) is 20.5 Å². The molecule has 0 unspecified atom stereocenters. The topological polar surface area (TPSA) is 297 Å². The molecule has 107 heavy (non-hydrogen) atoms. The molecule has 0 amide bonds. The van der Waals surface area contributed by atoms with Crippen LogP contribution in [0.2, 0.25) is 0 Å². The number of fused-ring (bicyclic) bond motifs is 1. The predicted octanol–water partition coefficient (Wildman–Crippen LogP) is 11.4. The van der Waals surface area contributed by atoms with Crippen LogP contribution < -0.4 is 44.5 Å². The number of esters is 3. The molecule has 1 aliphatic heterocycles. The molecule has 1 aliphatic rings. The van der Waals surface area contributed by atoms with Crippen LogP contribution in [0.3, 0.4) is 0 Å². The van der Waals surface area contributed by atoms with Crippen LogP contribution in [0.1, 0.15) is 79.7 Å². The van der Waals surface area contributed by atoms with E-state index in [-0.39, 0.29) is 60.5 Å². The molecule has 9 rings (SSSR count). The molecule has 552 valence electrons. The van der Waals surface area contributed by atoms with Gasteiger partial charge in [0, 0.05) is 43.1 Å². The van der Waals surface area contributed by atoms with E-state index < -0.39 is 23.9 Å². The summed E-state index contributed by atoms with van der Waals surface area (Å²) in [6.07, 6.45) is 0. The van der Waals surface area contributed by atoms with Crippen molar-refractivity contribution in [1.29, 1.82) is 5.26 Å². The monoisotopic (exact) mass is 1500 g/mol. The number of ether oxygens (including phenoxy) is 10. The number of thiophene rings is 2. The number of aryl methyl sites for hydroxylation is 2. The van der Waals surface area contributed by atoms with Gasteiger partial charge in [0.05, 0.1) is 171 Å². The summed E-state index contributed by atoms with van der Waals surface area (Å²) in [6.45, 7) is 39.0. The summed E-state index contributed by atoms with van der Waals surface area (Å²) in [6, 6.07) is 46.8. The average molecular weight is 1500 g/mol. The van der Waals surface area contributed by atoms with Crippen LogP contribution in [-0.4, -0.2) is 161 Å². The Labute approximate surface area is 652 Å². The first-order valence-corrected chi connectivity index (χ1v) is 35.3. The number of azo groups is 2. The number of nitriles is 1. The second-order valence-corrected chi connectivity index (χ2v) is 24.8. The minimum Gasteiger partial charge on any atom is -0.545 e. The smallest absolute Gasteiger partial charge is 0.545 e. The molecule has 0 atom stereocenters. The van der Waals surface area contributed by atoms with Gasteiger partial charge in [-0.2, -0.15) is 25.7 Å². The second-order valence-electron chi connectivity index (χ2n) is 22.8. The minimum atomic E-state index is -1.44. The number of carbonyl (C=O) groups excluding carboxylic acids is 4. The van der Waals surface area contributed by atoms with E-state index in [4.69, 9.17) is 67.5 Å². The van der Waals surface area contributed by atoms with Crippen molar-refractivity contribution >= 4 is 95.7 Å². The van der Waals surface area contributed by atoms with Crippen molar-refractivity contribution in [3.8, 4) is 6.07 Å². The van der Waals surface area contributed by atoms with Gasteiger partial charge in [-0.15, -0.1) is 22.7 Å². The largest absolute Gasteiger partial charge is 1.00 e. The van der Waals surface area contributed by atoms with Crippen LogP contribution in [0, 0.1) is 58.7 Å².